The second-order valence-corrected chi connectivity index (χ2v) is 2.76. The number of aliphatic carboxylic acids is 1. The van der Waals surface area contributed by atoms with E-state index in [9.17, 15) is 4.79 Å². The van der Waals surface area contributed by atoms with Crippen molar-refractivity contribution < 1.29 is 35.1 Å². The molecule has 0 amide bonds. The zero-order valence-electron chi connectivity index (χ0n) is 6.44. The highest BCUT2D eigenvalue weighted by Crippen LogP contribution is 2.19. The Morgan fingerprint density at radius 2 is 1.54 bits per heavy atom. The maximum absolute atomic E-state index is 10.4. The quantitative estimate of drug-likeness (QED) is 0.298. The van der Waals surface area contributed by atoms with Crippen LogP contribution in [0.25, 0.3) is 0 Å². The highest BCUT2D eigenvalue weighted by molar-refractivity contribution is 5.73. The van der Waals surface area contributed by atoms with Crippen molar-refractivity contribution in [3.63, 3.8) is 0 Å². The van der Waals surface area contributed by atoms with Crippen LogP contribution in [0, 0.1) is 0 Å². The summed E-state index contributed by atoms with van der Waals surface area (Å²) in [6, 6.07) is 0. The van der Waals surface area contributed by atoms with Crippen LogP contribution in [-0.2, 0) is 9.53 Å². The Bertz CT molecular complexity index is 205. The van der Waals surface area contributed by atoms with E-state index < -0.39 is 36.7 Å². The first-order valence-electron chi connectivity index (χ1n) is 3.55. The molecule has 0 saturated carbocycles. The Labute approximate surface area is 72.8 Å². The molecule has 5 N–H and O–H groups in total. The Kier molecular flexibility index (Phi) is 2.84. The van der Waals surface area contributed by atoms with Crippen LogP contribution in [-0.4, -0.2) is 62.2 Å². The van der Waals surface area contributed by atoms with Gasteiger partial charge in [-0.15, -0.1) is 0 Å². The van der Waals surface area contributed by atoms with Crippen LogP contribution >= 0.6 is 0 Å². The first-order valence-corrected chi connectivity index (χ1v) is 3.55. The number of ether oxygens (including phenoxy) is 1. The Balaban J connectivity index is 2.76. The lowest BCUT2D eigenvalue weighted by Gasteiger charge is -2.36. The van der Waals surface area contributed by atoms with E-state index >= 15 is 0 Å². The molecule has 4 unspecified atom stereocenters. The first-order chi connectivity index (χ1) is 5.95. The van der Waals surface area contributed by atoms with E-state index in [2.05, 4.69) is 4.74 Å². The first kappa shape index (κ1) is 10.4. The third-order valence-corrected chi connectivity index (χ3v) is 1.83. The maximum atomic E-state index is 10.4. The number of carboxylic acid groups (broad SMARTS) is 1. The minimum Gasteiger partial charge on any atom is -0.479 e. The topological polar surface area (TPSA) is 127 Å². The van der Waals surface area contributed by atoms with Gasteiger partial charge in [-0.2, -0.15) is 0 Å². The van der Waals surface area contributed by atoms with E-state index in [1.165, 1.54) is 0 Å². The van der Waals surface area contributed by atoms with Gasteiger partial charge in [0.2, 0.25) is 0 Å². The van der Waals surface area contributed by atoms with Crippen LogP contribution in [0.15, 0.2) is 0 Å². The van der Waals surface area contributed by atoms with Crippen molar-refractivity contribution in [1.82, 2.24) is 0 Å². The molecule has 1 saturated heterocycles. The smallest absolute Gasteiger partial charge is 0.335 e. The molecule has 0 bridgehead atoms. The Morgan fingerprint density at radius 3 is 2.00 bits per heavy atom. The highest BCUT2D eigenvalue weighted by atomic mass is 16.6. The van der Waals surface area contributed by atoms with E-state index in [1.54, 1.807) is 0 Å². The molecule has 0 aliphatic carbocycles. The van der Waals surface area contributed by atoms with E-state index in [-0.39, 0.29) is 0 Å². The predicted octanol–water partition coefficient (Wildman–Crippen LogP) is -3.13. The molecule has 1 aliphatic heterocycles. The molecule has 76 valence electrons. The fraction of sp³-hybridized carbons (Fsp3) is 0.833. The summed E-state index contributed by atoms with van der Waals surface area (Å²) in [4.78, 5) is 10.4. The van der Waals surface area contributed by atoms with Crippen LogP contribution in [0.4, 0.5) is 0 Å². The number of hydrogen-bond acceptors (Lipinski definition) is 6. The Hall–Kier alpha value is -0.730. The van der Waals surface area contributed by atoms with Crippen molar-refractivity contribution in [3.05, 3.63) is 0 Å². The van der Waals surface area contributed by atoms with E-state index in [4.69, 9.17) is 25.5 Å². The third kappa shape index (κ3) is 1.79. The molecule has 0 aromatic rings. The van der Waals surface area contributed by atoms with Crippen molar-refractivity contribution in [2.45, 2.75) is 30.7 Å². The number of carboxylic acids is 1. The number of carbonyl (C=O) groups is 1. The SMILES string of the molecule is O=C(O)C1O[C@H](O)C(O)C(O)C1O. The summed E-state index contributed by atoms with van der Waals surface area (Å²) < 4.78 is 4.34. The fourth-order valence-corrected chi connectivity index (χ4v) is 1.07. The molecule has 0 aromatic heterocycles. The molecule has 7 heteroatoms. The molecule has 0 spiro atoms. The second kappa shape index (κ2) is 3.56. The van der Waals surface area contributed by atoms with E-state index in [1.807, 2.05) is 0 Å². The molecule has 1 aliphatic rings. The van der Waals surface area contributed by atoms with Crippen molar-refractivity contribution >= 4 is 5.97 Å². The molecular formula is C6H10O7. The summed E-state index contributed by atoms with van der Waals surface area (Å²) in [7, 11) is 0. The van der Waals surface area contributed by atoms with Gasteiger partial charge >= 0.3 is 5.97 Å². The van der Waals surface area contributed by atoms with Gasteiger partial charge in [-0.1, -0.05) is 0 Å². The summed E-state index contributed by atoms with van der Waals surface area (Å²) in [5.41, 5.74) is 0. The van der Waals surface area contributed by atoms with Crippen LogP contribution < -0.4 is 0 Å². The minimum absolute atomic E-state index is 1.52. The average Bonchev–Trinajstić information content (AvgIpc) is 2.07. The summed E-state index contributed by atoms with van der Waals surface area (Å²) >= 11 is 0. The van der Waals surface area contributed by atoms with E-state index in [0.717, 1.165) is 0 Å². The molecular weight excluding hydrogens is 184 g/mol. The lowest BCUT2D eigenvalue weighted by molar-refractivity contribution is -0.279. The van der Waals surface area contributed by atoms with Gasteiger partial charge in [-0.25, -0.2) is 4.79 Å². The van der Waals surface area contributed by atoms with Crippen molar-refractivity contribution in [1.29, 1.82) is 0 Å². The monoisotopic (exact) mass is 194 g/mol. The average molecular weight is 194 g/mol. The van der Waals surface area contributed by atoms with Gasteiger partial charge in [0.25, 0.3) is 0 Å². The third-order valence-electron chi connectivity index (χ3n) is 1.83. The fourth-order valence-electron chi connectivity index (χ4n) is 1.07. The maximum Gasteiger partial charge on any atom is 0.335 e. The van der Waals surface area contributed by atoms with Gasteiger partial charge in [0.05, 0.1) is 0 Å². The highest BCUT2D eigenvalue weighted by Gasteiger charge is 2.46. The molecule has 5 atom stereocenters. The summed E-state index contributed by atoms with van der Waals surface area (Å²) in [5.74, 6) is -1.52. The Morgan fingerprint density at radius 1 is 1.00 bits per heavy atom. The number of hydrogen-bond donors (Lipinski definition) is 5. The standard InChI is InChI=1S/C6H10O7/c7-1-2(8)4(5(10)11)13-6(12)3(1)9/h1-4,6-9,12H,(H,10,11)/t1?,2?,3?,4?,6-/m0/s1. The lowest BCUT2D eigenvalue weighted by Crippen LogP contribution is -2.59. The largest absolute Gasteiger partial charge is 0.479 e. The van der Waals surface area contributed by atoms with Crippen molar-refractivity contribution in [2.75, 3.05) is 0 Å². The summed E-state index contributed by atoms with van der Waals surface area (Å²) in [6.45, 7) is 0. The second-order valence-electron chi connectivity index (χ2n) is 2.76. The zero-order chi connectivity index (χ0) is 10.2. The van der Waals surface area contributed by atoms with Crippen LogP contribution in [0.1, 0.15) is 0 Å². The van der Waals surface area contributed by atoms with Gasteiger partial charge in [0.1, 0.15) is 18.3 Å². The van der Waals surface area contributed by atoms with Gasteiger partial charge in [0, 0.05) is 0 Å². The molecule has 1 rings (SSSR count). The van der Waals surface area contributed by atoms with Gasteiger partial charge in [-0.05, 0) is 0 Å². The number of aliphatic hydroxyl groups excluding tert-OH is 4. The molecule has 0 radical (unpaired) electrons. The van der Waals surface area contributed by atoms with Crippen LogP contribution in [0.3, 0.4) is 0 Å². The van der Waals surface area contributed by atoms with Crippen LogP contribution in [0.5, 0.6) is 0 Å². The van der Waals surface area contributed by atoms with Gasteiger partial charge in [-0.3, -0.25) is 0 Å². The lowest BCUT2D eigenvalue weighted by atomic mass is 9.99. The van der Waals surface area contributed by atoms with Gasteiger partial charge < -0.3 is 30.3 Å². The van der Waals surface area contributed by atoms with Crippen molar-refractivity contribution in [3.8, 4) is 0 Å². The molecule has 13 heavy (non-hydrogen) atoms. The minimum atomic E-state index is -1.81. The van der Waals surface area contributed by atoms with E-state index in [0.29, 0.717) is 0 Å². The predicted molar refractivity (Wildman–Crippen MR) is 36.5 cm³/mol. The summed E-state index contributed by atoms with van der Waals surface area (Å²) in [6.07, 6.45) is -8.72. The number of rotatable bonds is 1. The molecule has 7 nitrogen and oxygen atoms in total. The molecule has 1 heterocycles. The molecule has 1 fully saturated rings. The normalized spacial score (nSPS) is 46.0. The molecule has 0 aromatic carbocycles. The van der Waals surface area contributed by atoms with Crippen molar-refractivity contribution in [2.24, 2.45) is 0 Å². The summed E-state index contributed by atoms with van der Waals surface area (Å²) in [5, 5.41) is 44.4. The van der Waals surface area contributed by atoms with Gasteiger partial charge in [0.15, 0.2) is 12.4 Å². The number of aliphatic hydroxyl groups is 4. The van der Waals surface area contributed by atoms with Crippen LogP contribution in [0.2, 0.25) is 0 Å². The zero-order valence-corrected chi connectivity index (χ0v) is 6.44.